The van der Waals surface area contributed by atoms with Crippen molar-refractivity contribution in [2.24, 2.45) is 11.8 Å². The number of hydrogen-bond acceptors (Lipinski definition) is 2. The summed E-state index contributed by atoms with van der Waals surface area (Å²) >= 11 is 0. The van der Waals surface area contributed by atoms with Crippen LogP contribution in [0.5, 0.6) is 0 Å². The molecule has 0 aromatic carbocycles. The first-order valence-electron chi connectivity index (χ1n) is 8.51. The van der Waals surface area contributed by atoms with Crippen molar-refractivity contribution >= 4 is 5.91 Å². The van der Waals surface area contributed by atoms with Crippen LogP contribution in [0.4, 0.5) is 0 Å². The van der Waals surface area contributed by atoms with Gasteiger partial charge in [-0.3, -0.25) is 4.79 Å². The first-order chi connectivity index (χ1) is 9.81. The van der Waals surface area contributed by atoms with E-state index in [-0.39, 0.29) is 17.9 Å². The van der Waals surface area contributed by atoms with Gasteiger partial charge >= 0.3 is 0 Å². The van der Waals surface area contributed by atoms with Crippen molar-refractivity contribution in [3.05, 3.63) is 0 Å². The highest BCUT2D eigenvalue weighted by atomic mass is 16.1. The summed E-state index contributed by atoms with van der Waals surface area (Å²) in [6.45, 7) is 0. The van der Waals surface area contributed by atoms with E-state index in [0.29, 0.717) is 5.92 Å². The van der Waals surface area contributed by atoms with Gasteiger partial charge in [0.1, 0.15) is 6.04 Å². The highest BCUT2D eigenvalue weighted by Crippen LogP contribution is 2.27. The Balaban J connectivity index is 1.85. The molecular formula is C17H28N2O. The average molecular weight is 276 g/mol. The lowest BCUT2D eigenvalue weighted by Gasteiger charge is -2.28. The van der Waals surface area contributed by atoms with E-state index >= 15 is 0 Å². The second kappa shape index (κ2) is 8.29. The Hall–Kier alpha value is -1.04. The van der Waals surface area contributed by atoms with Crippen LogP contribution in [0.1, 0.15) is 77.0 Å². The standard InChI is InChI=1S/C17H28N2O/c18-13-16(14-9-7-4-8-10-14)19-17(20)15-11-5-2-1-3-6-12-15/h14-16H,1-12H2,(H,19,20). The Morgan fingerprint density at radius 1 is 0.900 bits per heavy atom. The summed E-state index contributed by atoms with van der Waals surface area (Å²) in [5, 5.41) is 12.4. The molecule has 2 aliphatic carbocycles. The van der Waals surface area contributed by atoms with Gasteiger partial charge in [0.05, 0.1) is 6.07 Å². The Morgan fingerprint density at radius 2 is 1.40 bits per heavy atom. The third-order valence-corrected chi connectivity index (χ3v) is 5.03. The van der Waals surface area contributed by atoms with Gasteiger partial charge < -0.3 is 5.32 Å². The van der Waals surface area contributed by atoms with Crippen LogP contribution in [0.25, 0.3) is 0 Å². The minimum Gasteiger partial charge on any atom is -0.340 e. The number of carbonyl (C=O) groups is 1. The normalized spacial score (nSPS) is 24.1. The number of amides is 1. The summed E-state index contributed by atoms with van der Waals surface area (Å²) in [5.41, 5.74) is 0. The number of hydrogen-bond donors (Lipinski definition) is 1. The first kappa shape index (κ1) is 15.4. The summed E-state index contributed by atoms with van der Waals surface area (Å²) in [6, 6.07) is 2.08. The lowest BCUT2D eigenvalue weighted by Crippen LogP contribution is -2.43. The number of nitrogens with zero attached hydrogens (tertiary/aromatic N) is 1. The average Bonchev–Trinajstić information content (AvgIpc) is 2.45. The summed E-state index contributed by atoms with van der Waals surface area (Å²) in [5.74, 6) is 0.671. The fourth-order valence-electron chi connectivity index (χ4n) is 3.71. The van der Waals surface area contributed by atoms with Gasteiger partial charge in [0.2, 0.25) is 5.91 Å². The van der Waals surface area contributed by atoms with Gasteiger partial charge in [0.15, 0.2) is 0 Å². The summed E-state index contributed by atoms with van der Waals surface area (Å²) < 4.78 is 0. The zero-order valence-electron chi connectivity index (χ0n) is 12.6. The topological polar surface area (TPSA) is 52.9 Å². The lowest BCUT2D eigenvalue weighted by molar-refractivity contribution is -0.126. The maximum absolute atomic E-state index is 12.4. The monoisotopic (exact) mass is 276 g/mol. The quantitative estimate of drug-likeness (QED) is 0.849. The number of rotatable bonds is 3. The van der Waals surface area contributed by atoms with Gasteiger partial charge in [-0.05, 0) is 31.6 Å². The van der Waals surface area contributed by atoms with Crippen LogP contribution in [-0.2, 0) is 4.79 Å². The van der Waals surface area contributed by atoms with Crippen molar-refractivity contribution < 1.29 is 4.79 Å². The molecule has 3 nitrogen and oxygen atoms in total. The van der Waals surface area contributed by atoms with Crippen molar-refractivity contribution in [1.82, 2.24) is 5.32 Å². The first-order valence-corrected chi connectivity index (χ1v) is 8.51. The second-order valence-electron chi connectivity index (χ2n) is 6.56. The van der Waals surface area contributed by atoms with Gasteiger partial charge in [0, 0.05) is 5.92 Å². The Bertz CT molecular complexity index is 333. The molecule has 2 fully saturated rings. The SMILES string of the molecule is N#CC(NC(=O)C1CCCCCCC1)C1CCCCC1. The summed E-state index contributed by atoms with van der Waals surface area (Å²) in [4.78, 5) is 12.4. The molecule has 1 unspecified atom stereocenters. The van der Waals surface area contributed by atoms with Gasteiger partial charge in [-0.25, -0.2) is 0 Å². The van der Waals surface area contributed by atoms with E-state index < -0.39 is 0 Å². The molecule has 0 aliphatic heterocycles. The van der Waals surface area contributed by atoms with Crippen LogP contribution in [0.3, 0.4) is 0 Å². The molecular weight excluding hydrogens is 248 g/mol. The molecule has 2 aliphatic rings. The molecule has 0 radical (unpaired) electrons. The van der Waals surface area contributed by atoms with Gasteiger partial charge in [-0.1, -0.05) is 51.4 Å². The van der Waals surface area contributed by atoms with Crippen LogP contribution in [0, 0.1) is 23.2 Å². The molecule has 0 bridgehead atoms. The van der Waals surface area contributed by atoms with E-state index in [4.69, 9.17) is 0 Å². The van der Waals surface area contributed by atoms with E-state index in [0.717, 1.165) is 25.7 Å². The van der Waals surface area contributed by atoms with Crippen molar-refractivity contribution in [3.8, 4) is 6.07 Å². The minimum absolute atomic E-state index is 0.143. The van der Waals surface area contributed by atoms with Crippen molar-refractivity contribution in [2.75, 3.05) is 0 Å². The molecule has 0 spiro atoms. The predicted octanol–water partition coefficient (Wildman–Crippen LogP) is 3.94. The molecule has 20 heavy (non-hydrogen) atoms. The third-order valence-electron chi connectivity index (χ3n) is 5.03. The van der Waals surface area contributed by atoms with Crippen molar-refractivity contribution in [1.29, 1.82) is 5.26 Å². The molecule has 3 heteroatoms. The van der Waals surface area contributed by atoms with E-state index in [1.54, 1.807) is 0 Å². The smallest absolute Gasteiger partial charge is 0.224 e. The van der Waals surface area contributed by atoms with Crippen molar-refractivity contribution in [3.63, 3.8) is 0 Å². The fraction of sp³-hybridized carbons (Fsp3) is 0.882. The molecule has 1 N–H and O–H groups in total. The number of nitrogens with one attached hydrogen (secondary N) is 1. The molecule has 0 aromatic heterocycles. The van der Waals surface area contributed by atoms with Crippen LogP contribution in [0.15, 0.2) is 0 Å². The number of carbonyl (C=O) groups excluding carboxylic acids is 1. The predicted molar refractivity (Wildman–Crippen MR) is 79.9 cm³/mol. The summed E-state index contributed by atoms with van der Waals surface area (Å²) in [7, 11) is 0. The molecule has 0 aromatic rings. The molecule has 1 atom stereocenters. The maximum Gasteiger partial charge on any atom is 0.224 e. The molecule has 0 heterocycles. The molecule has 0 saturated heterocycles. The van der Waals surface area contributed by atoms with Crippen LogP contribution in [-0.4, -0.2) is 11.9 Å². The highest BCUT2D eigenvalue weighted by Gasteiger charge is 2.27. The highest BCUT2D eigenvalue weighted by molar-refractivity contribution is 5.79. The van der Waals surface area contributed by atoms with Gasteiger partial charge in [0.25, 0.3) is 0 Å². The second-order valence-corrected chi connectivity index (χ2v) is 6.56. The molecule has 2 rings (SSSR count). The van der Waals surface area contributed by atoms with Crippen LogP contribution >= 0.6 is 0 Å². The molecule has 1 amide bonds. The molecule has 2 saturated carbocycles. The zero-order valence-corrected chi connectivity index (χ0v) is 12.6. The Morgan fingerprint density at radius 3 is 2.00 bits per heavy atom. The zero-order chi connectivity index (χ0) is 14.2. The lowest BCUT2D eigenvalue weighted by atomic mass is 9.83. The van der Waals surface area contributed by atoms with Crippen LogP contribution < -0.4 is 5.32 Å². The van der Waals surface area contributed by atoms with E-state index in [1.165, 1.54) is 51.4 Å². The third kappa shape index (κ3) is 4.51. The fourth-order valence-corrected chi connectivity index (χ4v) is 3.71. The van der Waals surface area contributed by atoms with Crippen LogP contribution in [0.2, 0.25) is 0 Å². The molecule has 112 valence electrons. The van der Waals surface area contributed by atoms with Gasteiger partial charge in [-0.15, -0.1) is 0 Å². The maximum atomic E-state index is 12.4. The van der Waals surface area contributed by atoms with Crippen molar-refractivity contribution in [2.45, 2.75) is 83.1 Å². The van der Waals surface area contributed by atoms with Gasteiger partial charge in [-0.2, -0.15) is 5.26 Å². The summed E-state index contributed by atoms with van der Waals surface area (Å²) in [6.07, 6.45) is 14.1. The van der Waals surface area contributed by atoms with E-state index in [1.807, 2.05) is 0 Å². The number of nitriles is 1. The van der Waals surface area contributed by atoms with E-state index in [2.05, 4.69) is 11.4 Å². The minimum atomic E-state index is -0.256. The largest absolute Gasteiger partial charge is 0.340 e. The Kier molecular flexibility index (Phi) is 6.36. The van der Waals surface area contributed by atoms with E-state index in [9.17, 15) is 10.1 Å². The Labute approximate surface area is 123 Å².